The van der Waals surface area contributed by atoms with E-state index >= 15 is 0 Å². The minimum atomic E-state index is -1.17. The fraction of sp³-hybridized carbons (Fsp3) is 0.333. The van der Waals surface area contributed by atoms with Crippen molar-refractivity contribution in [1.29, 1.82) is 0 Å². The monoisotopic (exact) mass is 598 g/mol. The Hall–Kier alpha value is -4.72. The third kappa shape index (κ3) is 7.08. The molecule has 0 unspecified atom stereocenters. The second kappa shape index (κ2) is 15.1. The van der Waals surface area contributed by atoms with Crippen LogP contribution in [0.15, 0.2) is 82.6 Å². The summed E-state index contributed by atoms with van der Waals surface area (Å²) in [6.07, 6.45) is 6.66. The molecule has 2 aliphatic heterocycles. The third-order valence-corrected chi connectivity index (χ3v) is 7.82. The molecule has 8 heteroatoms. The zero-order valence-electron chi connectivity index (χ0n) is 26.3. The van der Waals surface area contributed by atoms with Crippen molar-refractivity contribution in [2.45, 2.75) is 79.3 Å². The van der Waals surface area contributed by atoms with E-state index < -0.39 is 22.8 Å². The highest BCUT2D eigenvalue weighted by atomic mass is 16.4. The summed E-state index contributed by atoms with van der Waals surface area (Å²) in [6, 6.07) is 19.2. The van der Waals surface area contributed by atoms with Crippen LogP contribution >= 0.6 is 0 Å². The lowest BCUT2D eigenvalue weighted by Gasteiger charge is -2.18. The molecule has 0 saturated carbocycles. The van der Waals surface area contributed by atoms with Gasteiger partial charge in [0.05, 0.1) is 11.4 Å². The molecule has 6 rings (SSSR count). The zero-order valence-corrected chi connectivity index (χ0v) is 26.3. The molecule has 0 saturated heterocycles. The molecule has 44 heavy (non-hydrogen) atoms. The van der Waals surface area contributed by atoms with Gasteiger partial charge in [-0.05, 0) is 50.7 Å². The predicted octanol–water partition coefficient (Wildman–Crippen LogP) is 7.49. The number of aryl methyl sites for hydroxylation is 2. The second-order valence-corrected chi connectivity index (χ2v) is 10.4. The molecule has 4 heterocycles. The van der Waals surface area contributed by atoms with E-state index in [0.29, 0.717) is 0 Å². The van der Waals surface area contributed by atoms with E-state index in [-0.39, 0.29) is 23.2 Å². The van der Waals surface area contributed by atoms with Crippen LogP contribution in [0.4, 0.5) is 0 Å². The highest BCUT2D eigenvalue weighted by Crippen LogP contribution is 2.33. The number of rotatable bonds is 2. The van der Waals surface area contributed by atoms with Crippen molar-refractivity contribution in [3.05, 3.63) is 116 Å². The molecule has 4 aromatic rings. The van der Waals surface area contributed by atoms with E-state index in [0.717, 1.165) is 48.2 Å². The molecule has 2 aromatic carbocycles. The molecule has 0 aliphatic carbocycles. The van der Waals surface area contributed by atoms with Crippen LogP contribution in [0.3, 0.4) is 0 Å². The van der Waals surface area contributed by atoms with Gasteiger partial charge in [0.25, 0.3) is 0 Å². The Labute approximate surface area is 258 Å². The van der Waals surface area contributed by atoms with Crippen molar-refractivity contribution in [3.63, 3.8) is 0 Å². The molecule has 232 valence electrons. The standard InChI is InChI=1S/2C16H15NO3.2C2H6/c2*1-10-6-7-11-4-2-3-5-12(11)14-8-15(18)13(16(19)20)9-17(10)14;2*1-2/h2*2-5,8-10H,6-7H2,1H3,(H,19,20);2*1-2H3/t2*10-;;/m10../s1. The van der Waals surface area contributed by atoms with Gasteiger partial charge >= 0.3 is 11.9 Å². The maximum absolute atomic E-state index is 12.0. The number of fused-ring (bicyclic) bond motifs is 6. The maximum Gasteiger partial charge on any atom is 0.341 e. The lowest BCUT2D eigenvalue weighted by molar-refractivity contribution is 0.0683. The Morgan fingerprint density at radius 1 is 0.636 bits per heavy atom. The van der Waals surface area contributed by atoms with E-state index in [1.165, 1.54) is 35.7 Å². The highest BCUT2D eigenvalue weighted by Gasteiger charge is 2.22. The van der Waals surface area contributed by atoms with Gasteiger partial charge in [0.2, 0.25) is 0 Å². The van der Waals surface area contributed by atoms with E-state index in [2.05, 4.69) is 12.1 Å². The van der Waals surface area contributed by atoms with E-state index in [1.807, 2.05) is 87.1 Å². The number of carbonyl (C=O) groups is 2. The van der Waals surface area contributed by atoms with Gasteiger partial charge in [0.1, 0.15) is 11.1 Å². The molecule has 0 spiro atoms. The van der Waals surface area contributed by atoms with Gasteiger partial charge in [-0.3, -0.25) is 9.59 Å². The first-order valence-electron chi connectivity index (χ1n) is 15.3. The van der Waals surface area contributed by atoms with E-state index in [9.17, 15) is 19.2 Å². The van der Waals surface area contributed by atoms with Crippen molar-refractivity contribution in [2.75, 3.05) is 0 Å². The summed E-state index contributed by atoms with van der Waals surface area (Å²) in [4.78, 5) is 46.2. The van der Waals surface area contributed by atoms with Crippen molar-refractivity contribution in [1.82, 2.24) is 9.13 Å². The SMILES string of the molecule is CC.CC.C[C@@H]1CCc2ccccc2-c2cc(=O)c(C(=O)O)cn21.C[C@H]1CCc2ccccc2-c2cc(=O)c(C(=O)O)cn21. The number of carboxylic acid groups (broad SMARTS) is 2. The van der Waals surface area contributed by atoms with Crippen molar-refractivity contribution >= 4 is 11.9 Å². The average molecular weight is 599 g/mol. The fourth-order valence-electron chi connectivity index (χ4n) is 5.56. The topological polar surface area (TPSA) is 119 Å². The van der Waals surface area contributed by atoms with Gasteiger partial charge in [0.15, 0.2) is 10.9 Å². The van der Waals surface area contributed by atoms with E-state index in [1.54, 1.807) is 0 Å². The highest BCUT2D eigenvalue weighted by molar-refractivity contribution is 5.88. The Bertz CT molecular complexity index is 1620. The van der Waals surface area contributed by atoms with Crippen LogP contribution in [0.1, 0.15) is 98.3 Å². The quantitative estimate of drug-likeness (QED) is 0.247. The first kappa shape index (κ1) is 33.8. The summed E-state index contributed by atoms with van der Waals surface area (Å²) in [6.45, 7) is 12.1. The molecular formula is C36H42N2O6. The molecule has 0 amide bonds. The number of pyridine rings is 2. The van der Waals surface area contributed by atoms with Gasteiger partial charge < -0.3 is 19.3 Å². The van der Waals surface area contributed by atoms with Gasteiger partial charge in [-0.1, -0.05) is 76.2 Å². The lowest BCUT2D eigenvalue weighted by Crippen LogP contribution is -2.19. The number of aromatic nitrogens is 2. The smallest absolute Gasteiger partial charge is 0.341 e. The van der Waals surface area contributed by atoms with Gasteiger partial charge in [-0.25, -0.2) is 9.59 Å². The number of hydrogen-bond donors (Lipinski definition) is 2. The second-order valence-electron chi connectivity index (χ2n) is 10.4. The molecular weight excluding hydrogens is 556 g/mol. The maximum atomic E-state index is 12.0. The number of benzene rings is 2. The number of hydrogen-bond acceptors (Lipinski definition) is 4. The molecule has 0 fully saturated rings. The van der Waals surface area contributed by atoms with Gasteiger partial charge in [-0.2, -0.15) is 0 Å². The molecule has 2 aromatic heterocycles. The summed E-state index contributed by atoms with van der Waals surface area (Å²) in [7, 11) is 0. The Kier molecular flexibility index (Phi) is 11.6. The van der Waals surface area contributed by atoms with E-state index in [4.69, 9.17) is 10.2 Å². The van der Waals surface area contributed by atoms with Crippen molar-refractivity contribution in [3.8, 4) is 22.5 Å². The van der Waals surface area contributed by atoms with Crippen LogP contribution in [0.25, 0.3) is 22.5 Å². The summed E-state index contributed by atoms with van der Waals surface area (Å²) in [5.74, 6) is -2.34. The third-order valence-electron chi connectivity index (χ3n) is 7.82. The number of aromatic carboxylic acids is 2. The first-order valence-corrected chi connectivity index (χ1v) is 15.3. The molecule has 0 radical (unpaired) electrons. The Morgan fingerprint density at radius 3 is 1.32 bits per heavy atom. The molecule has 0 bridgehead atoms. The molecule has 2 atom stereocenters. The number of nitrogens with zero attached hydrogens (tertiary/aromatic N) is 2. The van der Waals surface area contributed by atoms with Gasteiger partial charge in [-0.15, -0.1) is 0 Å². The molecule has 8 nitrogen and oxygen atoms in total. The van der Waals surface area contributed by atoms with Crippen LogP contribution in [0.2, 0.25) is 0 Å². The summed E-state index contributed by atoms with van der Waals surface area (Å²) in [5.41, 5.74) is 4.85. The predicted molar refractivity (Wildman–Crippen MR) is 175 cm³/mol. The van der Waals surface area contributed by atoms with Crippen LogP contribution < -0.4 is 10.9 Å². The normalized spacial score (nSPS) is 15.7. The van der Waals surface area contributed by atoms with Crippen LogP contribution in [-0.4, -0.2) is 31.3 Å². The Balaban J connectivity index is 0.000000216. The molecule has 2 N–H and O–H groups in total. The van der Waals surface area contributed by atoms with Crippen LogP contribution in [0, 0.1) is 0 Å². The summed E-state index contributed by atoms with van der Waals surface area (Å²) < 4.78 is 3.83. The van der Waals surface area contributed by atoms with Crippen molar-refractivity contribution in [2.24, 2.45) is 0 Å². The zero-order chi connectivity index (χ0) is 32.6. The van der Waals surface area contributed by atoms with Gasteiger partial charge in [0, 0.05) is 47.7 Å². The summed E-state index contributed by atoms with van der Waals surface area (Å²) >= 11 is 0. The Morgan fingerprint density at radius 2 is 0.977 bits per heavy atom. The lowest BCUT2D eigenvalue weighted by atomic mass is 10.0. The average Bonchev–Trinajstić information content (AvgIpc) is 3.26. The fourth-order valence-corrected chi connectivity index (χ4v) is 5.56. The largest absolute Gasteiger partial charge is 0.477 e. The van der Waals surface area contributed by atoms with Crippen LogP contribution in [0.5, 0.6) is 0 Å². The summed E-state index contributed by atoms with van der Waals surface area (Å²) in [5, 5.41) is 18.2. The molecule has 2 aliphatic rings. The minimum absolute atomic E-state index is 0.163. The van der Waals surface area contributed by atoms with Crippen molar-refractivity contribution < 1.29 is 19.8 Å². The minimum Gasteiger partial charge on any atom is -0.477 e. The van der Waals surface area contributed by atoms with Crippen LogP contribution in [-0.2, 0) is 12.8 Å². The number of carboxylic acids is 2. The first-order chi connectivity index (χ1) is 21.2.